The van der Waals surface area contributed by atoms with Crippen LogP contribution < -0.4 is 15.0 Å². The molecule has 1 aromatic rings. The second kappa shape index (κ2) is 5.87. The minimum absolute atomic E-state index is 0.114. The lowest BCUT2D eigenvalue weighted by Crippen LogP contribution is -2.20. The highest BCUT2D eigenvalue weighted by molar-refractivity contribution is 5.74. The van der Waals surface area contributed by atoms with Gasteiger partial charge in [0.1, 0.15) is 11.5 Å². The van der Waals surface area contributed by atoms with Crippen molar-refractivity contribution < 1.29 is 19.5 Å². The normalized spacial score (nSPS) is 9.47. The van der Waals surface area contributed by atoms with Crippen molar-refractivity contribution in [3.63, 3.8) is 0 Å². The number of methoxy groups -OCH3 is 1. The third kappa shape index (κ3) is 3.86. The summed E-state index contributed by atoms with van der Waals surface area (Å²) in [7, 11) is 1.58. The van der Waals surface area contributed by atoms with Crippen LogP contribution >= 0.6 is 0 Å². The van der Waals surface area contributed by atoms with Gasteiger partial charge in [-0.2, -0.15) is 0 Å². The lowest BCUT2D eigenvalue weighted by Gasteiger charge is -2.05. The van der Waals surface area contributed by atoms with Gasteiger partial charge in [0, 0.05) is 0 Å². The third-order valence-corrected chi connectivity index (χ3v) is 1.78. The van der Waals surface area contributed by atoms with Gasteiger partial charge < -0.3 is 9.47 Å². The predicted octanol–water partition coefficient (Wildman–Crippen LogP) is 0.970. The molecule has 2 N–H and O–H groups in total. The first kappa shape index (κ1) is 11.3. The molecule has 1 amide bonds. The van der Waals surface area contributed by atoms with Crippen LogP contribution in [0.25, 0.3) is 0 Å². The van der Waals surface area contributed by atoms with E-state index in [2.05, 4.69) is 0 Å². The van der Waals surface area contributed by atoms with Crippen LogP contribution in [-0.2, 0) is 4.79 Å². The van der Waals surface area contributed by atoms with Gasteiger partial charge in [0.15, 0.2) is 0 Å². The molecule has 0 bridgehead atoms. The van der Waals surface area contributed by atoms with Crippen molar-refractivity contribution in [1.29, 1.82) is 0 Å². The lowest BCUT2D eigenvalue weighted by molar-refractivity contribution is -0.129. The smallest absolute Gasteiger partial charge is 0.246 e. The number of nitrogens with one attached hydrogen (secondary N) is 1. The average Bonchev–Trinajstić information content (AvgIpc) is 2.29. The Kier molecular flexibility index (Phi) is 4.43. The standard InChI is InChI=1S/C10H13NO4/c1-14-8-2-4-9(5-3-8)15-7-6-10(12)11-13/h2-5,13H,6-7H2,1H3,(H,11,12). The van der Waals surface area contributed by atoms with Gasteiger partial charge in [-0.1, -0.05) is 0 Å². The molecule has 5 heteroatoms. The number of carbonyl (C=O) groups is 1. The van der Waals surface area contributed by atoms with Crippen LogP contribution in [0.15, 0.2) is 24.3 Å². The third-order valence-electron chi connectivity index (χ3n) is 1.78. The topological polar surface area (TPSA) is 67.8 Å². The molecule has 0 atom stereocenters. The Morgan fingerprint density at radius 3 is 2.47 bits per heavy atom. The second-order valence-electron chi connectivity index (χ2n) is 2.81. The van der Waals surface area contributed by atoms with E-state index in [4.69, 9.17) is 14.7 Å². The molecule has 1 rings (SSSR count). The van der Waals surface area contributed by atoms with Gasteiger partial charge in [-0.25, -0.2) is 5.48 Å². The molecule has 0 aliphatic carbocycles. The number of ether oxygens (including phenoxy) is 2. The summed E-state index contributed by atoms with van der Waals surface area (Å²) < 4.78 is 10.2. The molecular weight excluding hydrogens is 198 g/mol. The Bertz CT molecular complexity index is 310. The summed E-state index contributed by atoms with van der Waals surface area (Å²) in [5, 5.41) is 8.23. The molecule has 1 aromatic carbocycles. The average molecular weight is 211 g/mol. The first-order chi connectivity index (χ1) is 7.26. The zero-order valence-corrected chi connectivity index (χ0v) is 8.40. The maximum Gasteiger partial charge on any atom is 0.246 e. The van der Waals surface area contributed by atoms with E-state index < -0.39 is 5.91 Å². The van der Waals surface area contributed by atoms with Gasteiger partial charge in [0.25, 0.3) is 0 Å². The van der Waals surface area contributed by atoms with Crippen LogP contribution in [0, 0.1) is 0 Å². The van der Waals surface area contributed by atoms with Crippen LogP contribution in [0.4, 0.5) is 0 Å². The molecule has 82 valence electrons. The molecule has 0 unspecified atom stereocenters. The molecule has 0 radical (unpaired) electrons. The Morgan fingerprint density at radius 1 is 1.33 bits per heavy atom. The molecule has 0 heterocycles. The highest BCUT2D eigenvalue weighted by Crippen LogP contribution is 2.16. The van der Waals surface area contributed by atoms with Crippen LogP contribution in [0.5, 0.6) is 11.5 Å². The summed E-state index contributed by atoms with van der Waals surface area (Å²) in [5.41, 5.74) is 1.53. The van der Waals surface area contributed by atoms with Crippen molar-refractivity contribution >= 4 is 5.91 Å². The molecule has 0 aliphatic rings. The predicted molar refractivity (Wildman–Crippen MR) is 53.0 cm³/mol. The number of rotatable bonds is 5. The summed E-state index contributed by atoms with van der Waals surface area (Å²) in [5.74, 6) is 0.931. The molecule has 0 spiro atoms. The van der Waals surface area contributed by atoms with Gasteiger partial charge in [-0.15, -0.1) is 0 Å². The fraction of sp³-hybridized carbons (Fsp3) is 0.300. The Morgan fingerprint density at radius 2 is 1.93 bits per heavy atom. The van der Waals surface area contributed by atoms with E-state index in [0.29, 0.717) is 5.75 Å². The van der Waals surface area contributed by atoms with Gasteiger partial charge in [0.2, 0.25) is 5.91 Å². The highest BCUT2D eigenvalue weighted by atomic mass is 16.5. The van der Waals surface area contributed by atoms with E-state index in [1.807, 2.05) is 0 Å². The molecule has 0 saturated carbocycles. The summed E-state index contributed by atoms with van der Waals surface area (Å²) in [6.45, 7) is 0.221. The summed E-state index contributed by atoms with van der Waals surface area (Å²) >= 11 is 0. The van der Waals surface area contributed by atoms with Crippen molar-refractivity contribution in [3.8, 4) is 11.5 Å². The lowest BCUT2D eigenvalue weighted by atomic mass is 10.3. The van der Waals surface area contributed by atoms with E-state index in [1.54, 1.807) is 31.4 Å². The number of hydrogen-bond acceptors (Lipinski definition) is 4. The summed E-state index contributed by atoms with van der Waals surface area (Å²) in [4.78, 5) is 10.6. The van der Waals surface area contributed by atoms with E-state index in [-0.39, 0.29) is 13.0 Å². The van der Waals surface area contributed by atoms with Crippen molar-refractivity contribution in [2.24, 2.45) is 0 Å². The number of carbonyl (C=O) groups excluding carboxylic acids is 1. The Hall–Kier alpha value is -1.75. The number of hydroxylamine groups is 1. The van der Waals surface area contributed by atoms with E-state index in [0.717, 1.165) is 5.75 Å². The second-order valence-corrected chi connectivity index (χ2v) is 2.81. The fourth-order valence-electron chi connectivity index (χ4n) is 0.989. The van der Waals surface area contributed by atoms with Crippen LogP contribution in [-0.4, -0.2) is 24.8 Å². The minimum Gasteiger partial charge on any atom is -0.497 e. The fourth-order valence-corrected chi connectivity index (χ4v) is 0.989. The molecule has 0 aliphatic heterocycles. The number of hydrogen-bond donors (Lipinski definition) is 2. The van der Waals surface area contributed by atoms with E-state index >= 15 is 0 Å². The Labute approximate surface area is 87.6 Å². The van der Waals surface area contributed by atoms with Crippen molar-refractivity contribution in [2.75, 3.05) is 13.7 Å². The minimum atomic E-state index is -0.469. The highest BCUT2D eigenvalue weighted by Gasteiger charge is 1.99. The van der Waals surface area contributed by atoms with Crippen LogP contribution in [0.1, 0.15) is 6.42 Å². The largest absolute Gasteiger partial charge is 0.497 e. The number of amides is 1. The molecule has 15 heavy (non-hydrogen) atoms. The van der Waals surface area contributed by atoms with Gasteiger partial charge in [0.05, 0.1) is 20.1 Å². The quantitative estimate of drug-likeness (QED) is 0.562. The van der Waals surface area contributed by atoms with E-state index in [9.17, 15) is 4.79 Å². The molecule has 0 fully saturated rings. The molecule has 0 saturated heterocycles. The van der Waals surface area contributed by atoms with E-state index in [1.165, 1.54) is 5.48 Å². The Balaban J connectivity index is 2.34. The number of benzene rings is 1. The van der Waals surface area contributed by atoms with Crippen molar-refractivity contribution in [2.45, 2.75) is 6.42 Å². The van der Waals surface area contributed by atoms with Gasteiger partial charge >= 0.3 is 0 Å². The van der Waals surface area contributed by atoms with Crippen molar-refractivity contribution in [3.05, 3.63) is 24.3 Å². The molecular formula is C10H13NO4. The van der Waals surface area contributed by atoms with Crippen molar-refractivity contribution in [1.82, 2.24) is 5.48 Å². The summed E-state index contributed by atoms with van der Waals surface area (Å²) in [6, 6.07) is 7.02. The molecule has 5 nitrogen and oxygen atoms in total. The maximum atomic E-state index is 10.6. The van der Waals surface area contributed by atoms with Gasteiger partial charge in [-0.05, 0) is 24.3 Å². The van der Waals surface area contributed by atoms with Crippen LogP contribution in [0.3, 0.4) is 0 Å². The first-order valence-corrected chi connectivity index (χ1v) is 4.46. The maximum absolute atomic E-state index is 10.6. The molecule has 0 aromatic heterocycles. The zero-order chi connectivity index (χ0) is 11.1. The van der Waals surface area contributed by atoms with Crippen LogP contribution in [0.2, 0.25) is 0 Å². The monoisotopic (exact) mass is 211 g/mol. The van der Waals surface area contributed by atoms with Gasteiger partial charge in [-0.3, -0.25) is 10.0 Å². The SMILES string of the molecule is COc1ccc(OCCC(=O)NO)cc1. The zero-order valence-electron chi connectivity index (χ0n) is 8.40. The summed E-state index contributed by atoms with van der Waals surface area (Å²) in [6.07, 6.45) is 0.114. The first-order valence-electron chi connectivity index (χ1n) is 4.46.